The maximum atomic E-state index is 10.3. The number of benzene rings is 1. The second-order valence-corrected chi connectivity index (χ2v) is 9.22. The lowest BCUT2D eigenvalue weighted by Crippen LogP contribution is -2.46. The Bertz CT molecular complexity index is 1080. The van der Waals surface area contributed by atoms with E-state index >= 15 is 0 Å². The number of hydrogen-bond acceptors (Lipinski definition) is 8. The van der Waals surface area contributed by atoms with Gasteiger partial charge >= 0.3 is 17.9 Å². The number of piperazine rings is 1. The zero-order chi connectivity index (χ0) is 27.6. The molecule has 4 N–H and O–H groups in total. The van der Waals surface area contributed by atoms with Crippen LogP contribution in [0.4, 0.5) is 0 Å². The van der Waals surface area contributed by atoms with Gasteiger partial charge in [0.1, 0.15) is 0 Å². The van der Waals surface area contributed by atoms with Gasteiger partial charge in [-0.25, -0.2) is 14.8 Å². The number of carbonyl (C=O) groups is 3. The molecule has 11 heteroatoms. The van der Waals surface area contributed by atoms with E-state index in [1.54, 1.807) is 0 Å². The monoisotopic (exact) mass is 514 g/mol. The van der Waals surface area contributed by atoms with Gasteiger partial charge in [0.15, 0.2) is 11.4 Å². The summed E-state index contributed by atoms with van der Waals surface area (Å²) in [6.07, 6.45) is 1.65. The highest BCUT2D eigenvalue weighted by atomic mass is 16.4. The number of aromatic nitrogens is 2. The Hall–Kier alpha value is -3.67. The van der Waals surface area contributed by atoms with Gasteiger partial charge in [-0.05, 0) is 19.4 Å². The van der Waals surface area contributed by atoms with E-state index in [2.05, 4.69) is 52.3 Å². The molecule has 200 valence electrons. The van der Waals surface area contributed by atoms with E-state index in [1.807, 2.05) is 24.5 Å². The molecule has 2 heterocycles. The van der Waals surface area contributed by atoms with Gasteiger partial charge in [0.05, 0.1) is 12.8 Å². The van der Waals surface area contributed by atoms with Gasteiger partial charge in [-0.15, -0.1) is 0 Å². The van der Waals surface area contributed by atoms with Crippen molar-refractivity contribution in [2.45, 2.75) is 38.8 Å². The van der Waals surface area contributed by atoms with Gasteiger partial charge in [-0.1, -0.05) is 36.4 Å². The second-order valence-electron chi connectivity index (χ2n) is 9.22. The minimum absolute atomic E-state index is 0.808. The first-order chi connectivity index (χ1) is 17.4. The summed E-state index contributed by atoms with van der Waals surface area (Å²) in [6, 6.07) is 8.24. The Balaban J connectivity index is 0.000000317. The van der Waals surface area contributed by atoms with Crippen molar-refractivity contribution in [2.75, 3.05) is 32.7 Å². The highest BCUT2D eigenvalue weighted by Crippen LogP contribution is 2.19. The molecule has 0 radical (unpaired) electrons. The van der Waals surface area contributed by atoms with Crippen molar-refractivity contribution in [2.24, 2.45) is 0 Å². The van der Waals surface area contributed by atoms with Crippen LogP contribution in [0.3, 0.4) is 0 Å². The Labute approximate surface area is 215 Å². The number of carboxylic acid groups (broad SMARTS) is 3. The van der Waals surface area contributed by atoms with Crippen molar-refractivity contribution in [3.8, 4) is 11.4 Å². The lowest BCUT2D eigenvalue weighted by Gasteiger charge is -2.34. The van der Waals surface area contributed by atoms with E-state index in [0.29, 0.717) is 0 Å². The van der Waals surface area contributed by atoms with Crippen molar-refractivity contribution in [1.29, 1.82) is 0 Å². The minimum Gasteiger partial charge on any atom is -0.481 e. The maximum absolute atomic E-state index is 10.3. The molecule has 0 unspecified atom stereocenters. The average Bonchev–Trinajstić information content (AvgIpc) is 2.80. The summed E-state index contributed by atoms with van der Waals surface area (Å²) < 4.78 is 0. The van der Waals surface area contributed by atoms with E-state index in [1.165, 1.54) is 16.7 Å². The SMILES string of the molecule is C=C(C)CN1CCN(Cc2cnc(-c3ccccc3C)nc2)CC1.O=C(O)CC(O)(CC(=O)O)C(=O)O. The van der Waals surface area contributed by atoms with Gasteiger partial charge in [-0.3, -0.25) is 19.4 Å². The van der Waals surface area contributed by atoms with Crippen LogP contribution >= 0.6 is 0 Å². The van der Waals surface area contributed by atoms with Crippen LogP contribution in [0, 0.1) is 6.92 Å². The van der Waals surface area contributed by atoms with Crippen LogP contribution in [0.1, 0.15) is 30.9 Å². The molecule has 0 bridgehead atoms. The number of nitrogens with zero attached hydrogens (tertiary/aromatic N) is 4. The quantitative estimate of drug-likeness (QED) is 0.342. The molecule has 1 aliphatic heterocycles. The number of hydrogen-bond donors (Lipinski definition) is 4. The predicted molar refractivity (Wildman–Crippen MR) is 136 cm³/mol. The summed E-state index contributed by atoms with van der Waals surface area (Å²) in [7, 11) is 0. The van der Waals surface area contributed by atoms with Gasteiger partial charge in [0.2, 0.25) is 0 Å². The molecule has 37 heavy (non-hydrogen) atoms. The topological polar surface area (TPSA) is 164 Å². The lowest BCUT2D eigenvalue weighted by molar-refractivity contribution is -0.170. The molecule has 0 spiro atoms. The summed E-state index contributed by atoms with van der Waals surface area (Å²) in [6.45, 7) is 14.5. The van der Waals surface area contributed by atoms with E-state index in [4.69, 9.17) is 20.4 Å². The Morgan fingerprint density at radius 2 is 1.46 bits per heavy atom. The van der Waals surface area contributed by atoms with Crippen molar-refractivity contribution < 1.29 is 34.8 Å². The number of aliphatic carboxylic acids is 3. The Kier molecular flexibility index (Phi) is 10.9. The van der Waals surface area contributed by atoms with E-state index in [0.717, 1.165) is 50.7 Å². The molecule has 11 nitrogen and oxygen atoms in total. The van der Waals surface area contributed by atoms with Gasteiger partial charge in [0, 0.05) is 62.8 Å². The zero-order valence-electron chi connectivity index (χ0n) is 21.1. The second kappa shape index (κ2) is 13.6. The summed E-state index contributed by atoms with van der Waals surface area (Å²) >= 11 is 0. The number of carboxylic acids is 3. The summed E-state index contributed by atoms with van der Waals surface area (Å²) in [5.41, 5.74) is 2.00. The normalized spacial score (nSPS) is 14.4. The zero-order valence-corrected chi connectivity index (χ0v) is 21.1. The average molecular weight is 515 g/mol. The summed E-state index contributed by atoms with van der Waals surface area (Å²) in [4.78, 5) is 44.6. The van der Waals surface area contributed by atoms with Crippen LogP contribution in [0.5, 0.6) is 0 Å². The van der Waals surface area contributed by atoms with Crippen LogP contribution in [0.25, 0.3) is 11.4 Å². The molecule has 0 amide bonds. The first-order valence-corrected chi connectivity index (χ1v) is 11.7. The lowest BCUT2D eigenvalue weighted by atomic mass is 9.96. The van der Waals surface area contributed by atoms with Gasteiger partial charge in [0.25, 0.3) is 0 Å². The van der Waals surface area contributed by atoms with E-state index in [9.17, 15) is 14.4 Å². The van der Waals surface area contributed by atoms with E-state index in [-0.39, 0.29) is 0 Å². The Morgan fingerprint density at radius 1 is 0.946 bits per heavy atom. The molecule has 0 aliphatic carbocycles. The van der Waals surface area contributed by atoms with Crippen LogP contribution in [-0.2, 0) is 20.9 Å². The fourth-order valence-electron chi connectivity index (χ4n) is 3.86. The molecule has 1 aromatic carbocycles. The van der Waals surface area contributed by atoms with Gasteiger partial charge in [-0.2, -0.15) is 0 Å². The molecule has 1 saturated heterocycles. The van der Waals surface area contributed by atoms with Crippen LogP contribution in [-0.4, -0.2) is 96.4 Å². The van der Waals surface area contributed by atoms with E-state index < -0.39 is 36.4 Å². The van der Waals surface area contributed by atoms with Crippen molar-refractivity contribution in [1.82, 2.24) is 19.8 Å². The fraction of sp³-hybridized carbons (Fsp3) is 0.423. The highest BCUT2D eigenvalue weighted by molar-refractivity contribution is 5.88. The standard InChI is InChI=1S/C20H26N4.C6H8O7/c1-16(2)14-23-8-10-24(11-9-23)15-18-12-21-20(22-13-18)19-7-5-4-6-17(19)3;7-3(8)1-6(13,5(11)12)2-4(9)10/h4-7,12-13H,1,8-11,14-15H2,2-3H3;13H,1-2H2,(H,7,8)(H,9,10)(H,11,12). The first-order valence-electron chi connectivity index (χ1n) is 11.7. The maximum Gasteiger partial charge on any atom is 0.336 e. The van der Waals surface area contributed by atoms with Crippen LogP contribution in [0.2, 0.25) is 0 Å². The molecular weight excluding hydrogens is 480 g/mol. The number of rotatable bonds is 10. The van der Waals surface area contributed by atoms with Crippen LogP contribution < -0.4 is 0 Å². The first kappa shape index (κ1) is 29.6. The fourth-order valence-corrected chi connectivity index (χ4v) is 3.86. The third-order valence-electron chi connectivity index (χ3n) is 5.74. The summed E-state index contributed by atoms with van der Waals surface area (Å²) in [5, 5.41) is 33.8. The smallest absolute Gasteiger partial charge is 0.336 e. The number of aliphatic hydroxyl groups is 1. The third-order valence-corrected chi connectivity index (χ3v) is 5.74. The third kappa shape index (κ3) is 9.71. The molecule has 2 aromatic rings. The predicted octanol–water partition coefficient (Wildman–Crippen LogP) is 1.90. The molecular formula is C26H34N4O7. The summed E-state index contributed by atoms with van der Waals surface area (Å²) in [5.74, 6) is -4.21. The largest absolute Gasteiger partial charge is 0.481 e. The molecule has 1 aromatic heterocycles. The Morgan fingerprint density at radius 3 is 1.92 bits per heavy atom. The van der Waals surface area contributed by atoms with Crippen molar-refractivity contribution in [3.05, 3.63) is 59.9 Å². The minimum atomic E-state index is -2.74. The molecule has 0 atom stereocenters. The van der Waals surface area contributed by atoms with Crippen molar-refractivity contribution >= 4 is 17.9 Å². The molecule has 1 aliphatic rings. The van der Waals surface area contributed by atoms with Crippen molar-refractivity contribution in [3.63, 3.8) is 0 Å². The van der Waals surface area contributed by atoms with Gasteiger partial charge < -0.3 is 20.4 Å². The molecule has 0 saturated carbocycles. The number of aryl methyl sites for hydroxylation is 1. The molecule has 1 fully saturated rings. The highest BCUT2D eigenvalue weighted by Gasteiger charge is 2.40. The molecule has 3 rings (SSSR count). The van der Waals surface area contributed by atoms with Crippen LogP contribution in [0.15, 0.2) is 48.8 Å².